The molecule has 3 aromatic rings. The summed E-state index contributed by atoms with van der Waals surface area (Å²) in [5.41, 5.74) is 4.40. The Kier molecular flexibility index (Phi) is 5.99. The van der Waals surface area contributed by atoms with Crippen LogP contribution in [0.4, 0.5) is 0 Å². The molecule has 0 aliphatic rings. The van der Waals surface area contributed by atoms with Crippen LogP contribution >= 0.6 is 0 Å². The molecule has 1 aromatic heterocycles. The molecule has 0 radical (unpaired) electrons. The van der Waals surface area contributed by atoms with E-state index in [2.05, 4.69) is 30.1 Å². The van der Waals surface area contributed by atoms with E-state index in [1.54, 1.807) is 24.1 Å². The quantitative estimate of drug-likeness (QED) is 0.626. The number of H-pyrrole nitrogens is 1. The minimum absolute atomic E-state index is 0.0770. The molecule has 0 atom stereocenters. The molecule has 1 heterocycles. The fraction of sp³-hybridized carbons (Fsp3) is 0.273. The van der Waals surface area contributed by atoms with Gasteiger partial charge in [0.25, 0.3) is 0 Å². The van der Waals surface area contributed by atoms with E-state index in [9.17, 15) is 9.59 Å². The highest BCUT2D eigenvalue weighted by Gasteiger charge is 2.12. The maximum atomic E-state index is 12.5. The number of carbonyl (C=O) groups excluding carboxylic acids is 1. The number of nitrogens with one attached hydrogen (secondary N) is 1. The average Bonchev–Trinajstić information content (AvgIpc) is 3.07. The van der Waals surface area contributed by atoms with Gasteiger partial charge in [-0.25, -0.2) is 4.79 Å². The van der Waals surface area contributed by atoms with Gasteiger partial charge < -0.3 is 19.7 Å². The molecule has 0 unspecified atom stereocenters. The number of aromatic nitrogens is 1. The molecule has 0 aliphatic heterocycles. The first-order chi connectivity index (χ1) is 13.4. The van der Waals surface area contributed by atoms with Gasteiger partial charge in [-0.3, -0.25) is 4.79 Å². The van der Waals surface area contributed by atoms with Gasteiger partial charge >= 0.3 is 5.97 Å². The van der Waals surface area contributed by atoms with Gasteiger partial charge in [0.15, 0.2) is 6.61 Å². The minimum atomic E-state index is -1.01. The van der Waals surface area contributed by atoms with E-state index in [-0.39, 0.29) is 12.5 Å². The van der Waals surface area contributed by atoms with Gasteiger partial charge in [-0.05, 0) is 48.7 Å². The van der Waals surface area contributed by atoms with Crippen molar-refractivity contribution in [2.75, 3.05) is 13.7 Å². The first-order valence-electron chi connectivity index (χ1n) is 9.16. The molecule has 0 saturated carbocycles. The predicted molar refractivity (Wildman–Crippen MR) is 107 cm³/mol. The highest BCUT2D eigenvalue weighted by Crippen LogP contribution is 2.21. The van der Waals surface area contributed by atoms with Crippen molar-refractivity contribution in [2.45, 2.75) is 26.3 Å². The minimum Gasteiger partial charge on any atom is -0.482 e. The van der Waals surface area contributed by atoms with Crippen molar-refractivity contribution in [2.24, 2.45) is 0 Å². The topological polar surface area (TPSA) is 82.6 Å². The number of hydrogen-bond donors (Lipinski definition) is 2. The Morgan fingerprint density at radius 3 is 2.61 bits per heavy atom. The molecule has 6 heteroatoms. The smallest absolute Gasteiger partial charge is 0.341 e. The molecular weight excluding hydrogens is 356 g/mol. The lowest BCUT2D eigenvalue weighted by molar-refractivity contribution is -0.139. The normalized spacial score (nSPS) is 10.8. The lowest BCUT2D eigenvalue weighted by atomic mass is 10.1. The first kappa shape index (κ1) is 19.5. The van der Waals surface area contributed by atoms with Gasteiger partial charge in [0.1, 0.15) is 5.75 Å². The fourth-order valence-electron chi connectivity index (χ4n) is 3.13. The van der Waals surface area contributed by atoms with Crippen LogP contribution in [-0.4, -0.2) is 40.5 Å². The summed E-state index contributed by atoms with van der Waals surface area (Å²) in [7, 11) is 1.79. The molecule has 1 amide bonds. The molecule has 0 bridgehead atoms. The van der Waals surface area contributed by atoms with E-state index in [1.807, 2.05) is 18.3 Å². The van der Waals surface area contributed by atoms with Crippen LogP contribution in [0, 0.1) is 6.92 Å². The number of carboxylic acids is 1. The zero-order valence-corrected chi connectivity index (χ0v) is 16.1. The number of aromatic amines is 1. The molecule has 2 N–H and O–H groups in total. The second kappa shape index (κ2) is 8.61. The zero-order valence-electron chi connectivity index (χ0n) is 16.1. The maximum Gasteiger partial charge on any atom is 0.341 e. The maximum absolute atomic E-state index is 12.5. The van der Waals surface area contributed by atoms with Crippen molar-refractivity contribution in [3.05, 3.63) is 65.4 Å². The van der Waals surface area contributed by atoms with Crippen LogP contribution < -0.4 is 4.74 Å². The number of nitrogens with zero attached hydrogens (tertiary/aromatic N) is 1. The van der Waals surface area contributed by atoms with Gasteiger partial charge in [-0.2, -0.15) is 0 Å². The summed E-state index contributed by atoms with van der Waals surface area (Å²) in [4.78, 5) is 28.0. The van der Waals surface area contributed by atoms with Gasteiger partial charge in [-0.15, -0.1) is 0 Å². The first-order valence-corrected chi connectivity index (χ1v) is 9.16. The second-order valence-corrected chi connectivity index (χ2v) is 6.94. The van der Waals surface area contributed by atoms with Crippen LogP contribution in [0.2, 0.25) is 0 Å². The summed E-state index contributed by atoms with van der Waals surface area (Å²) in [5, 5.41) is 9.80. The van der Waals surface area contributed by atoms with Crippen LogP contribution in [0.25, 0.3) is 10.9 Å². The van der Waals surface area contributed by atoms with Gasteiger partial charge in [0.2, 0.25) is 5.91 Å². The number of aryl methyl sites for hydroxylation is 2. The van der Waals surface area contributed by atoms with Gasteiger partial charge in [0, 0.05) is 37.1 Å². The number of fused-ring (bicyclic) bond motifs is 1. The van der Waals surface area contributed by atoms with E-state index in [0.29, 0.717) is 25.1 Å². The Balaban J connectivity index is 1.54. The van der Waals surface area contributed by atoms with E-state index in [4.69, 9.17) is 9.84 Å². The molecule has 2 aromatic carbocycles. The number of benzene rings is 2. The molecule has 146 valence electrons. The molecule has 0 fully saturated rings. The monoisotopic (exact) mass is 380 g/mol. The molecule has 0 spiro atoms. The summed E-state index contributed by atoms with van der Waals surface area (Å²) in [6.45, 7) is 2.18. The van der Waals surface area contributed by atoms with Gasteiger partial charge in [0.05, 0.1) is 0 Å². The summed E-state index contributed by atoms with van der Waals surface area (Å²) in [6.07, 6.45) is 3.11. The van der Waals surface area contributed by atoms with E-state index < -0.39 is 5.97 Å². The van der Waals surface area contributed by atoms with Crippen molar-refractivity contribution in [3.8, 4) is 5.75 Å². The predicted octanol–water partition coefficient (Wildman–Crippen LogP) is 3.53. The van der Waals surface area contributed by atoms with Crippen molar-refractivity contribution >= 4 is 22.8 Å². The Morgan fingerprint density at radius 2 is 1.89 bits per heavy atom. The number of carboxylic acid groups (broad SMARTS) is 1. The third-order valence-electron chi connectivity index (χ3n) is 4.66. The molecule has 0 aliphatic carbocycles. The number of hydrogen-bond acceptors (Lipinski definition) is 3. The third kappa shape index (κ3) is 4.91. The summed E-state index contributed by atoms with van der Waals surface area (Å²) < 4.78 is 5.12. The molecule has 28 heavy (non-hydrogen) atoms. The Labute approximate surface area is 163 Å². The fourth-order valence-corrected chi connectivity index (χ4v) is 3.13. The van der Waals surface area contributed by atoms with Crippen LogP contribution in [0.3, 0.4) is 0 Å². The summed E-state index contributed by atoms with van der Waals surface area (Å²) in [5.74, 6) is -0.442. The standard InChI is InChI=1S/C22H24N2O4/c1-15-3-9-20-19(11-15)17(12-23-20)6-10-21(25)24(2)13-16-4-7-18(8-5-16)28-14-22(26)27/h3-5,7-9,11-12,23H,6,10,13-14H2,1-2H3,(H,26,27). The van der Waals surface area contributed by atoms with Crippen molar-refractivity contribution < 1.29 is 19.4 Å². The lowest BCUT2D eigenvalue weighted by Crippen LogP contribution is -2.26. The van der Waals surface area contributed by atoms with E-state index in [0.717, 1.165) is 16.6 Å². The highest BCUT2D eigenvalue weighted by atomic mass is 16.5. The summed E-state index contributed by atoms with van der Waals surface area (Å²) >= 11 is 0. The average molecular weight is 380 g/mol. The van der Waals surface area contributed by atoms with Crippen molar-refractivity contribution in [1.29, 1.82) is 0 Å². The SMILES string of the molecule is Cc1ccc2[nH]cc(CCC(=O)N(C)Cc3ccc(OCC(=O)O)cc3)c2c1. The van der Waals surface area contributed by atoms with Crippen LogP contribution in [0.1, 0.15) is 23.1 Å². The number of carbonyl (C=O) groups is 2. The van der Waals surface area contributed by atoms with Gasteiger partial charge in [-0.1, -0.05) is 23.8 Å². The molecule has 0 saturated heterocycles. The summed E-state index contributed by atoms with van der Waals surface area (Å²) in [6, 6.07) is 13.4. The second-order valence-electron chi connectivity index (χ2n) is 6.94. The Hall–Kier alpha value is -3.28. The van der Waals surface area contributed by atoms with Crippen molar-refractivity contribution in [3.63, 3.8) is 0 Å². The molecule has 6 nitrogen and oxygen atoms in total. The van der Waals surface area contributed by atoms with Crippen LogP contribution in [-0.2, 0) is 22.6 Å². The Morgan fingerprint density at radius 1 is 1.14 bits per heavy atom. The van der Waals surface area contributed by atoms with Crippen LogP contribution in [0.5, 0.6) is 5.75 Å². The number of ether oxygens (including phenoxy) is 1. The third-order valence-corrected chi connectivity index (χ3v) is 4.66. The zero-order chi connectivity index (χ0) is 20.1. The number of amides is 1. The van der Waals surface area contributed by atoms with E-state index >= 15 is 0 Å². The number of rotatable bonds is 8. The van der Waals surface area contributed by atoms with E-state index in [1.165, 1.54) is 10.9 Å². The number of aliphatic carboxylic acids is 1. The largest absolute Gasteiger partial charge is 0.482 e. The van der Waals surface area contributed by atoms with Crippen molar-refractivity contribution in [1.82, 2.24) is 9.88 Å². The van der Waals surface area contributed by atoms with Crippen LogP contribution in [0.15, 0.2) is 48.7 Å². The lowest BCUT2D eigenvalue weighted by Gasteiger charge is -2.17. The molecular formula is C22H24N2O4. The molecule has 3 rings (SSSR count). The Bertz CT molecular complexity index is 976. The highest BCUT2D eigenvalue weighted by molar-refractivity contribution is 5.84.